The number of benzene rings is 1. The van der Waals surface area contributed by atoms with Gasteiger partial charge < -0.3 is 9.47 Å². The lowest BCUT2D eigenvalue weighted by molar-refractivity contribution is -0.0836. The topological polar surface area (TPSA) is 35.5 Å². The first kappa shape index (κ1) is 15.6. The van der Waals surface area contributed by atoms with Crippen LogP contribution in [-0.4, -0.2) is 17.7 Å². The van der Waals surface area contributed by atoms with Crippen LogP contribution in [0.2, 0.25) is 0 Å². The number of carbonyl (C=O) groups is 1. The zero-order chi connectivity index (χ0) is 16.4. The summed E-state index contributed by atoms with van der Waals surface area (Å²) in [5, 5.41) is 0. The summed E-state index contributed by atoms with van der Waals surface area (Å²) in [6.45, 7) is 0. The molecule has 1 aromatic carbocycles. The van der Waals surface area contributed by atoms with Gasteiger partial charge in [-0.2, -0.15) is 0 Å². The van der Waals surface area contributed by atoms with Crippen molar-refractivity contribution >= 4 is 5.97 Å². The van der Waals surface area contributed by atoms with Crippen LogP contribution >= 0.6 is 0 Å². The highest BCUT2D eigenvalue weighted by Crippen LogP contribution is 2.43. The molecule has 1 unspecified atom stereocenters. The molecule has 2 aliphatic carbocycles. The van der Waals surface area contributed by atoms with E-state index in [-0.39, 0.29) is 17.7 Å². The summed E-state index contributed by atoms with van der Waals surface area (Å²) in [4.78, 5) is 12.5. The third-order valence-corrected chi connectivity index (χ3v) is 5.35. The second-order valence-electron chi connectivity index (χ2n) is 7.09. The maximum atomic E-state index is 12.5. The van der Waals surface area contributed by atoms with Crippen LogP contribution in [0.5, 0.6) is 0 Å². The number of allylic oxidation sites excluding steroid dienone is 1. The van der Waals surface area contributed by atoms with E-state index in [9.17, 15) is 4.79 Å². The Morgan fingerprint density at radius 1 is 1.08 bits per heavy atom. The van der Waals surface area contributed by atoms with Gasteiger partial charge in [0.2, 0.25) is 0 Å². The number of fused-ring (bicyclic) bond motifs is 1. The van der Waals surface area contributed by atoms with Crippen molar-refractivity contribution in [2.45, 2.75) is 63.1 Å². The minimum absolute atomic E-state index is 0.0837. The number of carbonyl (C=O) groups excluding carboxylic acids is 1. The van der Waals surface area contributed by atoms with E-state index in [1.807, 2.05) is 18.2 Å². The van der Waals surface area contributed by atoms with Gasteiger partial charge in [0.15, 0.2) is 0 Å². The predicted octanol–water partition coefficient (Wildman–Crippen LogP) is 4.94. The van der Waals surface area contributed by atoms with Crippen LogP contribution in [0.3, 0.4) is 0 Å². The lowest BCUT2D eigenvalue weighted by Crippen LogP contribution is -2.42. The van der Waals surface area contributed by atoms with Gasteiger partial charge in [-0.05, 0) is 50.3 Å². The lowest BCUT2D eigenvalue weighted by atomic mass is 9.80. The molecule has 1 aromatic rings. The second kappa shape index (κ2) is 6.56. The molecule has 1 heterocycles. The fourth-order valence-electron chi connectivity index (χ4n) is 4.10. The van der Waals surface area contributed by atoms with E-state index in [0.29, 0.717) is 5.56 Å². The highest BCUT2D eigenvalue weighted by atomic mass is 16.6. The Labute approximate surface area is 143 Å². The summed E-state index contributed by atoms with van der Waals surface area (Å²) in [6.07, 6.45) is 13.3. The molecule has 0 N–H and O–H groups in total. The average Bonchev–Trinajstić information content (AvgIpc) is 2.63. The Morgan fingerprint density at radius 2 is 1.88 bits per heavy atom. The largest absolute Gasteiger partial charge is 0.423 e. The van der Waals surface area contributed by atoms with Crippen LogP contribution < -0.4 is 0 Å². The van der Waals surface area contributed by atoms with Crippen LogP contribution in [0, 0.1) is 0 Å². The summed E-state index contributed by atoms with van der Waals surface area (Å²) in [6, 6.07) is 9.22. The average molecular weight is 324 g/mol. The number of hydrogen-bond donors (Lipinski definition) is 0. The van der Waals surface area contributed by atoms with E-state index in [1.54, 1.807) is 12.1 Å². The van der Waals surface area contributed by atoms with Crippen LogP contribution in [-0.2, 0) is 9.47 Å². The lowest BCUT2D eigenvalue weighted by Gasteiger charge is -2.43. The minimum Gasteiger partial charge on any atom is -0.423 e. The van der Waals surface area contributed by atoms with Crippen LogP contribution in [0.15, 0.2) is 53.8 Å². The summed E-state index contributed by atoms with van der Waals surface area (Å²) in [7, 11) is 0. The smallest absolute Gasteiger partial charge is 0.343 e. The first-order valence-electron chi connectivity index (χ1n) is 9.14. The standard InChI is InChI=1S/C21H24O3/c22-20(16-9-3-1-4-10-16)23-19-15-21(13-7-2-8-14-21)24-18-12-6-5-11-17(18)19/h1,3-4,9-11,15,18H,2,5-8,12-14H2. The van der Waals surface area contributed by atoms with Gasteiger partial charge in [-0.25, -0.2) is 4.79 Å². The van der Waals surface area contributed by atoms with E-state index < -0.39 is 0 Å². The minimum atomic E-state index is -0.278. The maximum Gasteiger partial charge on any atom is 0.343 e. The van der Waals surface area contributed by atoms with Crippen molar-refractivity contribution in [3.05, 3.63) is 59.4 Å². The Morgan fingerprint density at radius 3 is 2.67 bits per heavy atom. The molecule has 3 nitrogen and oxygen atoms in total. The number of esters is 1. The third-order valence-electron chi connectivity index (χ3n) is 5.35. The zero-order valence-electron chi connectivity index (χ0n) is 14.0. The molecule has 0 radical (unpaired) electrons. The molecule has 0 amide bonds. The molecule has 3 heteroatoms. The maximum absolute atomic E-state index is 12.5. The van der Waals surface area contributed by atoms with E-state index in [2.05, 4.69) is 12.2 Å². The fourth-order valence-corrected chi connectivity index (χ4v) is 4.10. The monoisotopic (exact) mass is 324 g/mol. The SMILES string of the molecule is O=C(OC1=CC2(CCCCC2)OC2CCCC=C12)c1ccccc1. The molecule has 24 heavy (non-hydrogen) atoms. The fraction of sp³-hybridized carbons (Fsp3) is 0.476. The molecule has 126 valence electrons. The van der Waals surface area contributed by atoms with Gasteiger partial charge in [0, 0.05) is 5.57 Å². The van der Waals surface area contributed by atoms with Crippen LogP contribution in [0.4, 0.5) is 0 Å². The zero-order valence-corrected chi connectivity index (χ0v) is 14.0. The quantitative estimate of drug-likeness (QED) is 0.723. The Hall–Kier alpha value is -1.87. The van der Waals surface area contributed by atoms with Gasteiger partial charge in [0.1, 0.15) is 5.76 Å². The van der Waals surface area contributed by atoms with Gasteiger partial charge in [0.05, 0.1) is 17.3 Å². The molecule has 0 aromatic heterocycles. The number of rotatable bonds is 2. The van der Waals surface area contributed by atoms with Crippen molar-refractivity contribution in [3.63, 3.8) is 0 Å². The highest BCUT2D eigenvalue weighted by Gasteiger charge is 2.41. The molecular weight excluding hydrogens is 300 g/mol. The van der Waals surface area contributed by atoms with E-state index in [1.165, 1.54) is 19.3 Å². The molecule has 0 bridgehead atoms. The molecule has 1 fully saturated rings. The molecule has 1 aliphatic heterocycles. The van der Waals surface area contributed by atoms with Crippen molar-refractivity contribution in [1.82, 2.24) is 0 Å². The van der Waals surface area contributed by atoms with E-state index >= 15 is 0 Å². The van der Waals surface area contributed by atoms with Gasteiger partial charge in [-0.3, -0.25) is 0 Å². The predicted molar refractivity (Wildman–Crippen MR) is 92.6 cm³/mol. The Kier molecular flexibility index (Phi) is 4.28. The van der Waals surface area contributed by atoms with Crippen molar-refractivity contribution in [2.75, 3.05) is 0 Å². The highest BCUT2D eigenvalue weighted by molar-refractivity contribution is 5.90. The summed E-state index contributed by atoms with van der Waals surface area (Å²) in [5.74, 6) is 0.460. The summed E-state index contributed by atoms with van der Waals surface area (Å²) in [5.41, 5.74) is 1.43. The molecule has 1 saturated carbocycles. The molecule has 0 saturated heterocycles. The van der Waals surface area contributed by atoms with Gasteiger partial charge in [-0.15, -0.1) is 0 Å². The van der Waals surface area contributed by atoms with Crippen molar-refractivity contribution in [3.8, 4) is 0 Å². The Bertz CT molecular complexity index is 666. The molecule has 1 atom stereocenters. The number of ether oxygens (including phenoxy) is 2. The molecule has 4 rings (SSSR count). The molecule has 3 aliphatic rings. The third kappa shape index (κ3) is 3.05. The van der Waals surface area contributed by atoms with Gasteiger partial charge >= 0.3 is 5.97 Å². The normalized spacial score (nSPS) is 25.4. The van der Waals surface area contributed by atoms with Crippen molar-refractivity contribution in [2.24, 2.45) is 0 Å². The summed E-state index contributed by atoms with van der Waals surface area (Å²) >= 11 is 0. The first-order valence-corrected chi connectivity index (χ1v) is 9.14. The second-order valence-corrected chi connectivity index (χ2v) is 7.09. The molecule has 1 spiro atoms. The van der Waals surface area contributed by atoms with E-state index in [0.717, 1.165) is 43.4 Å². The van der Waals surface area contributed by atoms with Crippen molar-refractivity contribution in [1.29, 1.82) is 0 Å². The van der Waals surface area contributed by atoms with Crippen molar-refractivity contribution < 1.29 is 14.3 Å². The van der Waals surface area contributed by atoms with Gasteiger partial charge in [0.25, 0.3) is 0 Å². The Balaban J connectivity index is 1.64. The van der Waals surface area contributed by atoms with Gasteiger partial charge in [-0.1, -0.05) is 43.5 Å². The molecular formula is C21H24O3. The first-order chi connectivity index (χ1) is 11.8. The van der Waals surface area contributed by atoms with E-state index in [4.69, 9.17) is 9.47 Å². The van der Waals surface area contributed by atoms with Crippen LogP contribution in [0.1, 0.15) is 61.7 Å². The summed E-state index contributed by atoms with van der Waals surface area (Å²) < 4.78 is 12.3. The van der Waals surface area contributed by atoms with Crippen LogP contribution in [0.25, 0.3) is 0 Å². The number of hydrogen-bond acceptors (Lipinski definition) is 3.